The van der Waals surface area contributed by atoms with Crippen LogP contribution in [0.3, 0.4) is 0 Å². The number of nitrogens with two attached hydrogens (primary N) is 1. The molecule has 0 aliphatic carbocycles. The van der Waals surface area contributed by atoms with Crippen molar-refractivity contribution in [2.75, 3.05) is 0 Å². The number of hydrogen-bond donors (Lipinski definition) is 3. The van der Waals surface area contributed by atoms with E-state index in [0.29, 0.717) is 0 Å². The first kappa shape index (κ1) is 16.0. The molecule has 1 heterocycles. The SMILES string of the molecule is N=C(N)c1[nH]ccc(=O)c1S(=O)c1ccc(C(F)(F)F)cc1. The monoisotopic (exact) mass is 329 g/mol. The molecule has 116 valence electrons. The van der Waals surface area contributed by atoms with Crippen molar-refractivity contribution in [1.82, 2.24) is 4.98 Å². The van der Waals surface area contributed by atoms with Crippen LogP contribution in [-0.2, 0) is 17.0 Å². The lowest BCUT2D eigenvalue weighted by molar-refractivity contribution is -0.137. The summed E-state index contributed by atoms with van der Waals surface area (Å²) in [6.07, 6.45) is -3.26. The third-order valence-corrected chi connectivity index (χ3v) is 4.24. The number of amidine groups is 1. The molecule has 1 aromatic carbocycles. The molecule has 0 radical (unpaired) electrons. The summed E-state index contributed by atoms with van der Waals surface area (Å²) in [5.74, 6) is -0.493. The van der Waals surface area contributed by atoms with Crippen molar-refractivity contribution in [3.05, 3.63) is 58.0 Å². The van der Waals surface area contributed by atoms with E-state index in [9.17, 15) is 22.2 Å². The third-order valence-electron chi connectivity index (χ3n) is 2.76. The molecule has 1 atom stereocenters. The molecule has 0 saturated heterocycles. The van der Waals surface area contributed by atoms with Crippen molar-refractivity contribution in [2.24, 2.45) is 5.73 Å². The van der Waals surface area contributed by atoms with Gasteiger partial charge < -0.3 is 10.7 Å². The number of H-pyrrole nitrogens is 1. The van der Waals surface area contributed by atoms with Crippen molar-refractivity contribution in [3.63, 3.8) is 0 Å². The van der Waals surface area contributed by atoms with Gasteiger partial charge in [0.15, 0.2) is 5.43 Å². The number of benzene rings is 1. The van der Waals surface area contributed by atoms with Crippen LogP contribution in [-0.4, -0.2) is 15.0 Å². The highest BCUT2D eigenvalue weighted by Gasteiger charge is 2.30. The van der Waals surface area contributed by atoms with Gasteiger partial charge in [-0.05, 0) is 24.3 Å². The van der Waals surface area contributed by atoms with Crippen LogP contribution < -0.4 is 11.2 Å². The van der Waals surface area contributed by atoms with Crippen LogP contribution in [0.4, 0.5) is 13.2 Å². The second-order valence-corrected chi connectivity index (χ2v) is 5.67. The average Bonchev–Trinajstić information content (AvgIpc) is 2.45. The molecule has 0 fully saturated rings. The Bertz CT molecular complexity index is 797. The van der Waals surface area contributed by atoms with Gasteiger partial charge in [-0.1, -0.05) is 0 Å². The molecule has 0 bridgehead atoms. The van der Waals surface area contributed by atoms with Crippen molar-refractivity contribution >= 4 is 16.6 Å². The number of pyridine rings is 1. The van der Waals surface area contributed by atoms with Crippen molar-refractivity contribution < 1.29 is 17.4 Å². The molecule has 2 aromatic rings. The molecule has 22 heavy (non-hydrogen) atoms. The molecule has 9 heteroatoms. The normalized spacial score (nSPS) is 12.9. The molecule has 0 spiro atoms. The maximum atomic E-state index is 12.5. The molecule has 0 amide bonds. The molecular formula is C13H10F3N3O2S. The first-order chi connectivity index (χ1) is 10.2. The van der Waals surface area contributed by atoms with Gasteiger partial charge in [0.2, 0.25) is 0 Å². The first-order valence-corrected chi connectivity index (χ1v) is 7.02. The fourth-order valence-corrected chi connectivity index (χ4v) is 2.96. The standard InChI is InChI=1S/C13H10F3N3O2S/c14-13(15,16)7-1-3-8(4-2-7)22(21)11-9(20)5-6-19-10(11)12(17)18/h1-6H,(H3,17,18)(H,19,20). The molecule has 4 N–H and O–H groups in total. The lowest BCUT2D eigenvalue weighted by atomic mass is 10.2. The van der Waals surface area contributed by atoms with Crippen LogP contribution in [0.1, 0.15) is 11.3 Å². The number of hydrogen-bond acceptors (Lipinski definition) is 3. The van der Waals surface area contributed by atoms with Crippen molar-refractivity contribution in [1.29, 1.82) is 5.41 Å². The van der Waals surface area contributed by atoms with Crippen LogP contribution in [0.5, 0.6) is 0 Å². The summed E-state index contributed by atoms with van der Waals surface area (Å²) in [4.78, 5) is 14.1. The predicted octanol–water partition coefficient (Wildman–Crippen LogP) is 1.84. The number of halogens is 3. The van der Waals surface area contributed by atoms with Crippen LogP contribution in [0.25, 0.3) is 0 Å². The molecule has 2 rings (SSSR count). The van der Waals surface area contributed by atoms with Gasteiger partial charge in [-0.25, -0.2) is 4.21 Å². The Labute approximate surface area is 124 Å². The fourth-order valence-electron chi connectivity index (χ4n) is 1.73. The number of nitrogen functional groups attached to an aromatic ring is 1. The van der Waals surface area contributed by atoms with E-state index in [0.717, 1.165) is 30.3 Å². The Morgan fingerprint density at radius 1 is 1.18 bits per heavy atom. The maximum Gasteiger partial charge on any atom is 0.416 e. The highest BCUT2D eigenvalue weighted by Crippen LogP contribution is 2.30. The highest BCUT2D eigenvalue weighted by molar-refractivity contribution is 7.85. The van der Waals surface area contributed by atoms with Crippen molar-refractivity contribution in [3.8, 4) is 0 Å². The molecule has 1 unspecified atom stereocenters. The Morgan fingerprint density at radius 2 is 1.77 bits per heavy atom. The van der Waals surface area contributed by atoms with Gasteiger partial charge in [0.25, 0.3) is 0 Å². The van der Waals surface area contributed by atoms with E-state index in [2.05, 4.69) is 4.98 Å². The summed E-state index contributed by atoms with van der Waals surface area (Å²) in [6.45, 7) is 0. The van der Waals surface area contributed by atoms with Crippen molar-refractivity contribution in [2.45, 2.75) is 16.0 Å². The second kappa shape index (κ2) is 5.76. The summed E-state index contributed by atoms with van der Waals surface area (Å²) < 4.78 is 49.9. The van der Waals surface area contributed by atoms with E-state index in [1.165, 1.54) is 6.20 Å². The van der Waals surface area contributed by atoms with Gasteiger partial charge in [-0.15, -0.1) is 0 Å². The summed E-state index contributed by atoms with van der Waals surface area (Å²) in [5.41, 5.74) is 3.68. The Balaban J connectivity index is 2.50. The third kappa shape index (κ3) is 3.08. The number of rotatable bonds is 3. The van der Waals surface area contributed by atoms with Gasteiger partial charge in [-0.2, -0.15) is 13.2 Å². The summed E-state index contributed by atoms with van der Waals surface area (Å²) >= 11 is 0. The molecular weight excluding hydrogens is 319 g/mol. The Hall–Kier alpha value is -2.42. The number of aromatic amines is 1. The summed E-state index contributed by atoms with van der Waals surface area (Å²) in [6, 6.07) is 4.70. The maximum absolute atomic E-state index is 12.5. The minimum Gasteiger partial charge on any atom is -0.382 e. The minimum atomic E-state index is -4.51. The molecule has 0 aliphatic rings. The van der Waals surface area contributed by atoms with E-state index in [1.807, 2.05) is 0 Å². The van der Waals surface area contributed by atoms with Gasteiger partial charge in [0.05, 0.1) is 16.4 Å². The predicted molar refractivity (Wildman–Crippen MR) is 74.2 cm³/mol. The molecule has 5 nitrogen and oxygen atoms in total. The van der Waals surface area contributed by atoms with Gasteiger partial charge in [-0.3, -0.25) is 10.2 Å². The van der Waals surface area contributed by atoms with E-state index in [4.69, 9.17) is 11.1 Å². The largest absolute Gasteiger partial charge is 0.416 e. The smallest absolute Gasteiger partial charge is 0.382 e. The zero-order valence-electron chi connectivity index (χ0n) is 10.9. The number of aromatic nitrogens is 1. The van der Waals surface area contributed by atoms with Crippen LogP contribution in [0.15, 0.2) is 51.1 Å². The van der Waals surface area contributed by atoms with Crippen LogP contribution >= 0.6 is 0 Å². The van der Waals surface area contributed by atoms with E-state index >= 15 is 0 Å². The van der Waals surface area contributed by atoms with E-state index in [-0.39, 0.29) is 15.5 Å². The molecule has 0 saturated carbocycles. The van der Waals surface area contributed by atoms with E-state index in [1.54, 1.807) is 0 Å². The van der Waals surface area contributed by atoms with Gasteiger partial charge in [0.1, 0.15) is 16.4 Å². The lowest BCUT2D eigenvalue weighted by Gasteiger charge is -2.09. The van der Waals surface area contributed by atoms with Crippen LogP contribution in [0, 0.1) is 5.41 Å². The summed E-state index contributed by atoms with van der Waals surface area (Å²) in [5, 5.41) is 7.37. The highest BCUT2D eigenvalue weighted by atomic mass is 32.2. The Kier molecular flexibility index (Phi) is 4.18. The van der Waals surface area contributed by atoms with Crippen LogP contribution in [0.2, 0.25) is 0 Å². The minimum absolute atomic E-state index is 0.00667. The quantitative estimate of drug-likeness (QED) is 0.592. The fraction of sp³-hybridized carbons (Fsp3) is 0.0769. The first-order valence-electron chi connectivity index (χ1n) is 5.87. The second-order valence-electron chi connectivity index (χ2n) is 4.25. The zero-order valence-corrected chi connectivity index (χ0v) is 11.7. The van der Waals surface area contributed by atoms with Gasteiger partial charge in [0, 0.05) is 17.2 Å². The number of nitrogens with one attached hydrogen (secondary N) is 2. The van der Waals surface area contributed by atoms with E-state index < -0.39 is 33.8 Å². The summed E-state index contributed by atoms with van der Waals surface area (Å²) in [7, 11) is -2.06. The average molecular weight is 329 g/mol. The molecule has 0 aliphatic heterocycles. The zero-order chi connectivity index (χ0) is 16.5. The molecule has 1 aromatic heterocycles. The lowest BCUT2D eigenvalue weighted by Crippen LogP contribution is -2.22. The Morgan fingerprint density at radius 3 is 2.27 bits per heavy atom. The topological polar surface area (TPSA) is 99.8 Å². The number of alkyl halides is 3. The van der Waals surface area contributed by atoms with Gasteiger partial charge >= 0.3 is 6.18 Å².